The van der Waals surface area contributed by atoms with Crippen LogP contribution in [0, 0.1) is 17.1 Å². The lowest BCUT2D eigenvalue weighted by atomic mass is 10.2. The second-order valence-corrected chi connectivity index (χ2v) is 3.85. The van der Waals surface area contributed by atoms with Crippen molar-refractivity contribution in [3.63, 3.8) is 0 Å². The molecule has 0 aliphatic rings. The molecule has 0 unspecified atom stereocenters. The van der Waals surface area contributed by atoms with Gasteiger partial charge in [0.25, 0.3) is 0 Å². The van der Waals surface area contributed by atoms with E-state index in [0.717, 1.165) is 18.2 Å². The van der Waals surface area contributed by atoms with Crippen LogP contribution in [-0.2, 0) is 6.18 Å². The number of hydrogen-bond donors (Lipinski definition) is 0. The summed E-state index contributed by atoms with van der Waals surface area (Å²) in [5, 5.41) is 8.81. The molecule has 6 heteroatoms. The van der Waals surface area contributed by atoms with Crippen molar-refractivity contribution in [2.75, 3.05) is 0 Å². The highest BCUT2D eigenvalue weighted by atomic mass is 19.4. The first-order valence-electron chi connectivity index (χ1n) is 5.45. The van der Waals surface area contributed by atoms with Crippen molar-refractivity contribution in [3.05, 3.63) is 59.4 Å². The van der Waals surface area contributed by atoms with Crippen molar-refractivity contribution in [2.45, 2.75) is 6.18 Å². The highest BCUT2D eigenvalue weighted by Gasteiger charge is 2.30. The molecule has 0 atom stereocenters. The van der Waals surface area contributed by atoms with E-state index in [1.807, 2.05) is 0 Å². The first-order valence-corrected chi connectivity index (χ1v) is 5.45. The summed E-state index contributed by atoms with van der Waals surface area (Å²) in [6.07, 6.45) is -4.50. The normalized spacial score (nSPS) is 10.9. The Kier molecular flexibility index (Phi) is 3.61. The molecule has 2 aromatic carbocycles. The van der Waals surface area contributed by atoms with Crippen LogP contribution in [0.3, 0.4) is 0 Å². The zero-order valence-corrected chi connectivity index (χ0v) is 9.91. The Hall–Kier alpha value is -2.55. The third-order valence-electron chi connectivity index (χ3n) is 2.48. The largest absolute Gasteiger partial charge is 0.456 e. The van der Waals surface area contributed by atoms with Crippen LogP contribution in [0.15, 0.2) is 42.5 Å². The van der Waals surface area contributed by atoms with Crippen LogP contribution in [0.25, 0.3) is 0 Å². The number of hydrogen-bond acceptors (Lipinski definition) is 2. The van der Waals surface area contributed by atoms with Gasteiger partial charge < -0.3 is 4.74 Å². The molecule has 2 rings (SSSR count). The Balaban J connectivity index is 2.37. The molecular formula is C14H7F4NO. The van der Waals surface area contributed by atoms with Crippen LogP contribution in [0.5, 0.6) is 11.5 Å². The maximum Gasteiger partial charge on any atom is 0.416 e. The fourth-order valence-corrected chi connectivity index (χ4v) is 1.56. The minimum Gasteiger partial charge on any atom is -0.456 e. The molecule has 0 heterocycles. The van der Waals surface area contributed by atoms with E-state index in [1.165, 1.54) is 24.3 Å². The van der Waals surface area contributed by atoms with E-state index in [2.05, 4.69) is 0 Å². The van der Waals surface area contributed by atoms with Gasteiger partial charge in [-0.15, -0.1) is 0 Å². The topological polar surface area (TPSA) is 33.0 Å². The summed E-state index contributed by atoms with van der Waals surface area (Å²) in [4.78, 5) is 0. The molecule has 0 spiro atoms. The molecular weight excluding hydrogens is 274 g/mol. The number of alkyl halides is 3. The van der Waals surface area contributed by atoms with Crippen molar-refractivity contribution < 1.29 is 22.3 Å². The van der Waals surface area contributed by atoms with E-state index >= 15 is 0 Å². The number of nitriles is 1. The van der Waals surface area contributed by atoms with Crippen LogP contribution < -0.4 is 4.74 Å². The van der Waals surface area contributed by atoms with Gasteiger partial charge in [0.2, 0.25) is 0 Å². The molecule has 102 valence electrons. The minimum atomic E-state index is -4.50. The summed E-state index contributed by atoms with van der Waals surface area (Å²) in [6, 6.07) is 9.43. The van der Waals surface area contributed by atoms with Gasteiger partial charge >= 0.3 is 6.18 Å². The quantitative estimate of drug-likeness (QED) is 0.759. The van der Waals surface area contributed by atoms with Crippen LogP contribution in [0.4, 0.5) is 17.6 Å². The Bertz CT molecular complexity index is 674. The van der Waals surface area contributed by atoms with Gasteiger partial charge in [-0.05, 0) is 30.3 Å². The monoisotopic (exact) mass is 281 g/mol. The van der Waals surface area contributed by atoms with Gasteiger partial charge in [0.05, 0.1) is 5.56 Å². The highest BCUT2D eigenvalue weighted by Crippen LogP contribution is 2.33. The Labute approximate surface area is 111 Å². The summed E-state index contributed by atoms with van der Waals surface area (Å²) in [5.74, 6) is -1.05. The summed E-state index contributed by atoms with van der Waals surface area (Å²) < 4.78 is 56.1. The van der Waals surface area contributed by atoms with E-state index in [1.54, 1.807) is 6.07 Å². The minimum absolute atomic E-state index is 0.123. The van der Waals surface area contributed by atoms with Gasteiger partial charge in [-0.2, -0.15) is 18.4 Å². The van der Waals surface area contributed by atoms with E-state index in [4.69, 9.17) is 10.00 Å². The zero-order chi connectivity index (χ0) is 14.8. The second kappa shape index (κ2) is 5.21. The second-order valence-electron chi connectivity index (χ2n) is 3.85. The Morgan fingerprint density at radius 3 is 2.40 bits per heavy atom. The molecule has 2 aromatic rings. The molecule has 0 radical (unpaired) electrons. The average molecular weight is 281 g/mol. The summed E-state index contributed by atoms with van der Waals surface area (Å²) in [5.41, 5.74) is -1.24. The molecule has 0 saturated carbocycles. The standard InChI is InChI=1S/C14H7F4NO/c15-12-5-2-6-13(11(12)8-19)20-10-4-1-3-9(7-10)14(16,17)18/h1-7H. The molecule has 0 aliphatic carbocycles. The molecule has 0 aromatic heterocycles. The third-order valence-corrected chi connectivity index (χ3v) is 2.48. The molecule has 0 amide bonds. The highest BCUT2D eigenvalue weighted by molar-refractivity contribution is 5.46. The third kappa shape index (κ3) is 2.88. The van der Waals surface area contributed by atoms with Gasteiger partial charge in [0.15, 0.2) is 0 Å². The van der Waals surface area contributed by atoms with Crippen molar-refractivity contribution in [1.82, 2.24) is 0 Å². The Morgan fingerprint density at radius 1 is 1.05 bits per heavy atom. The van der Waals surface area contributed by atoms with Crippen LogP contribution >= 0.6 is 0 Å². The molecule has 0 aliphatic heterocycles. The fraction of sp³-hybridized carbons (Fsp3) is 0.0714. The first kappa shape index (κ1) is 13.9. The van der Waals surface area contributed by atoms with Crippen molar-refractivity contribution in [2.24, 2.45) is 0 Å². The predicted molar refractivity (Wildman–Crippen MR) is 62.6 cm³/mol. The molecule has 0 bridgehead atoms. The lowest BCUT2D eigenvalue weighted by Crippen LogP contribution is -2.04. The van der Waals surface area contributed by atoms with Gasteiger partial charge in [-0.3, -0.25) is 0 Å². The molecule has 2 nitrogen and oxygen atoms in total. The SMILES string of the molecule is N#Cc1c(F)cccc1Oc1cccc(C(F)(F)F)c1. The summed E-state index contributed by atoms with van der Waals surface area (Å²) >= 11 is 0. The van der Waals surface area contributed by atoms with Gasteiger partial charge in [-0.25, -0.2) is 4.39 Å². The van der Waals surface area contributed by atoms with Gasteiger partial charge in [0, 0.05) is 0 Å². The van der Waals surface area contributed by atoms with Crippen LogP contribution in [0.1, 0.15) is 11.1 Å². The Morgan fingerprint density at radius 2 is 1.75 bits per heavy atom. The number of rotatable bonds is 2. The number of halogens is 4. The van der Waals surface area contributed by atoms with E-state index in [9.17, 15) is 17.6 Å². The number of ether oxygens (including phenoxy) is 1. The average Bonchev–Trinajstić information content (AvgIpc) is 2.38. The van der Waals surface area contributed by atoms with Gasteiger partial charge in [-0.1, -0.05) is 12.1 Å². The maximum absolute atomic E-state index is 13.3. The molecule has 0 N–H and O–H groups in total. The van der Waals surface area contributed by atoms with Crippen molar-refractivity contribution in [1.29, 1.82) is 5.26 Å². The zero-order valence-electron chi connectivity index (χ0n) is 9.91. The maximum atomic E-state index is 13.3. The van der Waals surface area contributed by atoms with E-state index < -0.39 is 17.6 Å². The first-order chi connectivity index (χ1) is 9.41. The van der Waals surface area contributed by atoms with Crippen LogP contribution in [0.2, 0.25) is 0 Å². The molecule has 20 heavy (non-hydrogen) atoms. The molecule has 0 saturated heterocycles. The number of nitrogens with zero attached hydrogens (tertiary/aromatic N) is 1. The summed E-state index contributed by atoms with van der Waals surface area (Å²) in [7, 11) is 0. The van der Waals surface area contributed by atoms with E-state index in [0.29, 0.717) is 0 Å². The molecule has 0 fully saturated rings. The summed E-state index contributed by atoms with van der Waals surface area (Å²) in [6.45, 7) is 0. The van der Waals surface area contributed by atoms with Crippen molar-refractivity contribution >= 4 is 0 Å². The van der Waals surface area contributed by atoms with Crippen molar-refractivity contribution in [3.8, 4) is 17.6 Å². The fourth-order valence-electron chi connectivity index (χ4n) is 1.56. The van der Waals surface area contributed by atoms with E-state index in [-0.39, 0.29) is 17.1 Å². The predicted octanol–water partition coefficient (Wildman–Crippen LogP) is 4.51. The smallest absolute Gasteiger partial charge is 0.416 e. The number of benzene rings is 2. The lowest BCUT2D eigenvalue weighted by Gasteiger charge is -2.11. The lowest BCUT2D eigenvalue weighted by molar-refractivity contribution is -0.137. The van der Waals surface area contributed by atoms with Crippen LogP contribution in [-0.4, -0.2) is 0 Å². The van der Waals surface area contributed by atoms with Gasteiger partial charge in [0.1, 0.15) is 28.9 Å².